The van der Waals surface area contributed by atoms with Gasteiger partial charge in [0.1, 0.15) is 16.7 Å². The standard InChI is InChI=1S/C21H26N6O2S/c1-12-11-29-9-8-27(12)20-15-10-16(22)30(28)21(2,3)17(15)25-19(26-20)14-5-7-24-18-13(14)4-6-23-18/h5,7,12,22H,4,6,8-11H2,1-3H3,(H,23,24). The molecular formula is C21H26N6O2S. The number of hydrogen-bond donors (Lipinski definition) is 2. The summed E-state index contributed by atoms with van der Waals surface area (Å²) in [6.45, 7) is 8.81. The van der Waals surface area contributed by atoms with Crippen LogP contribution in [-0.2, 0) is 33.1 Å². The van der Waals surface area contributed by atoms with Crippen LogP contribution in [-0.4, -0.2) is 56.5 Å². The van der Waals surface area contributed by atoms with Crippen molar-refractivity contribution in [3.8, 4) is 11.4 Å². The fourth-order valence-corrected chi connectivity index (χ4v) is 5.80. The van der Waals surface area contributed by atoms with E-state index in [0.717, 1.165) is 53.5 Å². The average molecular weight is 427 g/mol. The minimum absolute atomic E-state index is 0.167. The largest absolute Gasteiger partial charge is 0.377 e. The predicted octanol–water partition coefficient (Wildman–Crippen LogP) is 2.25. The van der Waals surface area contributed by atoms with E-state index in [1.165, 1.54) is 0 Å². The summed E-state index contributed by atoms with van der Waals surface area (Å²) in [5.74, 6) is 2.37. The number of nitrogens with one attached hydrogen (secondary N) is 2. The van der Waals surface area contributed by atoms with Gasteiger partial charge in [-0.05, 0) is 33.3 Å². The van der Waals surface area contributed by atoms with Gasteiger partial charge in [-0.15, -0.1) is 0 Å². The first-order valence-electron chi connectivity index (χ1n) is 10.3. The van der Waals surface area contributed by atoms with Crippen molar-refractivity contribution < 1.29 is 8.95 Å². The maximum Gasteiger partial charge on any atom is 0.162 e. The molecule has 0 bridgehead atoms. The number of ether oxygens (including phenoxy) is 1. The molecule has 1 saturated heterocycles. The molecule has 3 aliphatic rings. The van der Waals surface area contributed by atoms with E-state index in [2.05, 4.69) is 22.1 Å². The molecule has 30 heavy (non-hydrogen) atoms. The Hall–Kier alpha value is -2.39. The highest BCUT2D eigenvalue weighted by atomic mass is 32.2. The van der Waals surface area contributed by atoms with Crippen molar-refractivity contribution >= 4 is 27.5 Å². The zero-order valence-electron chi connectivity index (χ0n) is 17.5. The van der Waals surface area contributed by atoms with Gasteiger partial charge >= 0.3 is 0 Å². The van der Waals surface area contributed by atoms with Crippen LogP contribution in [0, 0.1) is 5.41 Å². The van der Waals surface area contributed by atoms with E-state index in [9.17, 15) is 4.21 Å². The predicted molar refractivity (Wildman–Crippen MR) is 118 cm³/mol. The Morgan fingerprint density at radius 3 is 2.97 bits per heavy atom. The summed E-state index contributed by atoms with van der Waals surface area (Å²) in [4.78, 5) is 16.7. The number of nitrogens with zero attached hydrogens (tertiary/aromatic N) is 4. The van der Waals surface area contributed by atoms with Gasteiger partial charge in [-0.3, -0.25) is 9.62 Å². The summed E-state index contributed by atoms with van der Waals surface area (Å²) in [5, 5.41) is 11.9. The Bertz CT molecular complexity index is 1070. The lowest BCUT2D eigenvalue weighted by molar-refractivity contribution is 0.0984. The minimum Gasteiger partial charge on any atom is -0.377 e. The van der Waals surface area contributed by atoms with E-state index >= 15 is 0 Å². The minimum atomic E-state index is -1.42. The first-order valence-corrected chi connectivity index (χ1v) is 11.5. The molecule has 3 aliphatic heterocycles. The number of aromatic nitrogens is 3. The molecule has 0 aliphatic carbocycles. The molecular weight excluding hydrogens is 400 g/mol. The number of pyridine rings is 1. The molecule has 0 spiro atoms. The SMILES string of the molecule is CC1COCCN1c1nc(-c2ccnc3c2CCN3)nc2c1CC(=N)S(=O)C2(C)C. The molecule has 1 fully saturated rings. The lowest BCUT2D eigenvalue weighted by atomic mass is 9.98. The van der Waals surface area contributed by atoms with Crippen LogP contribution >= 0.6 is 0 Å². The molecule has 9 heteroatoms. The van der Waals surface area contributed by atoms with E-state index in [0.29, 0.717) is 25.5 Å². The highest BCUT2D eigenvalue weighted by Gasteiger charge is 2.42. The summed E-state index contributed by atoms with van der Waals surface area (Å²) in [7, 11) is -1.42. The van der Waals surface area contributed by atoms with Crippen LogP contribution < -0.4 is 10.2 Å². The Kier molecular flexibility index (Phi) is 4.62. The third kappa shape index (κ3) is 2.94. The number of rotatable bonds is 2. The Morgan fingerprint density at radius 1 is 1.33 bits per heavy atom. The van der Waals surface area contributed by atoms with Gasteiger partial charge in [-0.25, -0.2) is 15.0 Å². The molecule has 158 valence electrons. The first-order chi connectivity index (χ1) is 14.4. The van der Waals surface area contributed by atoms with Gasteiger partial charge in [-0.1, -0.05) is 0 Å². The first kappa shape index (κ1) is 19.6. The molecule has 0 saturated carbocycles. The second-order valence-corrected chi connectivity index (χ2v) is 10.6. The number of anilines is 2. The molecule has 0 amide bonds. The molecule has 0 aromatic carbocycles. The quantitative estimate of drug-likeness (QED) is 0.759. The Balaban J connectivity index is 1.75. The smallest absolute Gasteiger partial charge is 0.162 e. The topological polar surface area (TPSA) is 104 Å². The van der Waals surface area contributed by atoms with Crippen molar-refractivity contribution in [3.63, 3.8) is 0 Å². The molecule has 2 aromatic heterocycles. The molecule has 8 nitrogen and oxygen atoms in total. The normalized spacial score (nSPS) is 24.9. The summed E-state index contributed by atoms with van der Waals surface area (Å²) in [5.41, 5.74) is 3.80. The molecule has 2 unspecified atom stereocenters. The second-order valence-electron chi connectivity index (χ2n) is 8.56. The fourth-order valence-electron chi connectivity index (χ4n) is 4.57. The highest BCUT2D eigenvalue weighted by molar-refractivity contribution is 8.01. The highest BCUT2D eigenvalue weighted by Crippen LogP contribution is 2.41. The van der Waals surface area contributed by atoms with Crippen molar-refractivity contribution in [3.05, 3.63) is 29.1 Å². The van der Waals surface area contributed by atoms with Gasteiger partial charge < -0.3 is 15.0 Å². The van der Waals surface area contributed by atoms with Crippen LogP contribution in [0.15, 0.2) is 12.3 Å². The molecule has 2 atom stereocenters. The summed E-state index contributed by atoms with van der Waals surface area (Å²) < 4.78 is 17.9. The van der Waals surface area contributed by atoms with Gasteiger partial charge in [0.15, 0.2) is 5.82 Å². The van der Waals surface area contributed by atoms with Crippen molar-refractivity contribution in [1.82, 2.24) is 15.0 Å². The summed E-state index contributed by atoms with van der Waals surface area (Å²) >= 11 is 0. The van der Waals surface area contributed by atoms with E-state index < -0.39 is 15.5 Å². The second kappa shape index (κ2) is 7.09. The lowest BCUT2D eigenvalue weighted by Gasteiger charge is -2.39. The van der Waals surface area contributed by atoms with Crippen molar-refractivity contribution in [2.45, 2.75) is 44.4 Å². The van der Waals surface area contributed by atoms with Gasteiger partial charge in [0.2, 0.25) is 0 Å². The molecule has 0 radical (unpaired) electrons. The van der Waals surface area contributed by atoms with Crippen LogP contribution in [0.4, 0.5) is 11.6 Å². The van der Waals surface area contributed by atoms with Crippen molar-refractivity contribution in [2.24, 2.45) is 0 Å². The number of morpholine rings is 1. The van der Waals surface area contributed by atoms with Gasteiger partial charge in [0.25, 0.3) is 0 Å². The monoisotopic (exact) mass is 426 g/mol. The Morgan fingerprint density at radius 2 is 2.17 bits per heavy atom. The van der Waals surface area contributed by atoms with Crippen molar-refractivity contribution in [2.75, 3.05) is 36.5 Å². The van der Waals surface area contributed by atoms with Gasteiger partial charge in [-0.2, -0.15) is 0 Å². The molecule has 5 rings (SSSR count). The lowest BCUT2D eigenvalue weighted by Crippen LogP contribution is -2.46. The van der Waals surface area contributed by atoms with Crippen LogP contribution in [0.5, 0.6) is 0 Å². The fraction of sp³-hybridized carbons (Fsp3) is 0.524. The van der Waals surface area contributed by atoms with Crippen LogP contribution in [0.2, 0.25) is 0 Å². The third-order valence-corrected chi connectivity index (χ3v) is 7.90. The summed E-state index contributed by atoms with van der Waals surface area (Å²) in [6.07, 6.45) is 2.98. The third-order valence-electron chi connectivity index (χ3n) is 6.18. The summed E-state index contributed by atoms with van der Waals surface area (Å²) in [6, 6.07) is 2.13. The van der Waals surface area contributed by atoms with Crippen LogP contribution in [0.25, 0.3) is 11.4 Å². The Labute approximate surface area is 178 Å². The maximum atomic E-state index is 13.0. The van der Waals surface area contributed by atoms with Gasteiger partial charge in [0, 0.05) is 42.4 Å². The molecule has 2 N–H and O–H groups in total. The zero-order chi connectivity index (χ0) is 21.0. The van der Waals surface area contributed by atoms with Crippen LogP contribution in [0.1, 0.15) is 37.6 Å². The number of hydrogen-bond acceptors (Lipinski definition) is 8. The van der Waals surface area contributed by atoms with E-state index in [1.807, 2.05) is 19.9 Å². The number of fused-ring (bicyclic) bond motifs is 2. The van der Waals surface area contributed by atoms with Crippen molar-refractivity contribution in [1.29, 1.82) is 5.41 Å². The molecule has 5 heterocycles. The molecule has 2 aromatic rings. The van der Waals surface area contributed by atoms with E-state index in [4.69, 9.17) is 20.1 Å². The van der Waals surface area contributed by atoms with E-state index in [-0.39, 0.29) is 11.1 Å². The maximum absolute atomic E-state index is 13.0. The van der Waals surface area contributed by atoms with E-state index in [1.54, 1.807) is 6.20 Å². The van der Waals surface area contributed by atoms with Gasteiger partial charge in [0.05, 0.1) is 40.5 Å². The average Bonchev–Trinajstić information content (AvgIpc) is 3.21. The van der Waals surface area contributed by atoms with Crippen LogP contribution in [0.3, 0.4) is 0 Å². The zero-order valence-corrected chi connectivity index (χ0v) is 18.3.